The van der Waals surface area contributed by atoms with Gasteiger partial charge in [0.2, 0.25) is 5.91 Å². The van der Waals surface area contributed by atoms with Crippen molar-refractivity contribution >= 4 is 16.9 Å². The van der Waals surface area contributed by atoms with Gasteiger partial charge in [-0.15, -0.1) is 0 Å². The van der Waals surface area contributed by atoms with Gasteiger partial charge in [-0.05, 0) is 42.7 Å². The average molecular weight is 356 g/mol. The number of carbonyl (C=O) groups is 1. The molecule has 0 unspecified atom stereocenters. The number of nitrogens with two attached hydrogens (primary N) is 1. The van der Waals surface area contributed by atoms with Crippen LogP contribution in [-0.2, 0) is 11.2 Å². The summed E-state index contributed by atoms with van der Waals surface area (Å²) in [5, 5.41) is 0.814. The summed E-state index contributed by atoms with van der Waals surface area (Å²) in [5.74, 6) is -0.0766. The van der Waals surface area contributed by atoms with Crippen LogP contribution in [0.1, 0.15) is 11.1 Å². The predicted molar refractivity (Wildman–Crippen MR) is 97.7 cm³/mol. The van der Waals surface area contributed by atoms with Crippen LogP contribution in [0.15, 0.2) is 36.7 Å². The molecule has 2 aromatic heterocycles. The van der Waals surface area contributed by atoms with E-state index in [1.54, 1.807) is 38.5 Å². The van der Waals surface area contributed by atoms with Crippen molar-refractivity contribution < 1.29 is 13.9 Å². The maximum Gasteiger partial charge on any atom is 0.239 e. The summed E-state index contributed by atoms with van der Waals surface area (Å²) in [5.41, 5.74) is 8.16. The van der Waals surface area contributed by atoms with E-state index in [9.17, 15) is 9.18 Å². The fraction of sp³-hybridized carbons (Fsp3) is 0.263. The maximum absolute atomic E-state index is 14.5. The first kappa shape index (κ1) is 17.9. The van der Waals surface area contributed by atoms with Gasteiger partial charge < -0.3 is 20.4 Å². The van der Waals surface area contributed by atoms with Crippen LogP contribution in [0.2, 0.25) is 0 Å². The van der Waals surface area contributed by atoms with Crippen molar-refractivity contribution in [3.8, 4) is 11.5 Å². The van der Waals surface area contributed by atoms with Crippen LogP contribution in [0.3, 0.4) is 0 Å². The van der Waals surface area contributed by atoms with E-state index in [0.29, 0.717) is 17.0 Å². The second kappa shape index (κ2) is 7.13. The standard InChI is InChI=1S/C19H21FN4O2/c1-11-10-23-18-17(11)16(6-7-22-18)26-15-5-4-12(8-13(15)20)9-14(21)19(25)24(2)3/h4-8,10,14H,9,21H2,1-3H3,(H,22,23)/t14-/m0/s1. The molecule has 0 radical (unpaired) electrons. The number of aromatic amines is 1. The Morgan fingerprint density at radius 3 is 2.81 bits per heavy atom. The summed E-state index contributed by atoms with van der Waals surface area (Å²) in [6.45, 7) is 1.93. The molecule has 1 amide bonds. The van der Waals surface area contributed by atoms with Gasteiger partial charge in [0.15, 0.2) is 11.6 Å². The molecule has 6 nitrogen and oxygen atoms in total. The normalized spacial score (nSPS) is 12.2. The number of H-pyrrole nitrogens is 1. The highest BCUT2D eigenvalue weighted by Gasteiger charge is 2.17. The van der Waals surface area contributed by atoms with Gasteiger partial charge in [-0.2, -0.15) is 0 Å². The molecular formula is C19H21FN4O2. The van der Waals surface area contributed by atoms with Crippen LogP contribution in [0.5, 0.6) is 11.5 Å². The van der Waals surface area contributed by atoms with Crippen LogP contribution in [0, 0.1) is 12.7 Å². The minimum Gasteiger partial charge on any atom is -0.453 e. The van der Waals surface area contributed by atoms with Crippen LogP contribution in [0.4, 0.5) is 4.39 Å². The first-order valence-electron chi connectivity index (χ1n) is 8.22. The average Bonchev–Trinajstić information content (AvgIpc) is 2.98. The van der Waals surface area contributed by atoms with Gasteiger partial charge in [0.25, 0.3) is 0 Å². The molecule has 0 aliphatic rings. The van der Waals surface area contributed by atoms with Gasteiger partial charge in [0.05, 0.1) is 11.4 Å². The summed E-state index contributed by atoms with van der Waals surface area (Å²) in [4.78, 5) is 20.5. The molecule has 0 bridgehead atoms. The number of aryl methyl sites for hydroxylation is 1. The molecule has 2 heterocycles. The zero-order valence-electron chi connectivity index (χ0n) is 14.9. The molecule has 0 saturated heterocycles. The second-order valence-electron chi connectivity index (χ2n) is 6.41. The van der Waals surface area contributed by atoms with Crippen molar-refractivity contribution in [2.75, 3.05) is 14.1 Å². The number of benzene rings is 1. The summed E-state index contributed by atoms with van der Waals surface area (Å²) in [7, 11) is 3.27. The molecule has 136 valence electrons. The van der Waals surface area contributed by atoms with Crippen molar-refractivity contribution in [1.29, 1.82) is 0 Å². The summed E-state index contributed by atoms with van der Waals surface area (Å²) < 4.78 is 20.3. The van der Waals surface area contributed by atoms with Crippen molar-refractivity contribution in [3.05, 3.63) is 53.6 Å². The van der Waals surface area contributed by atoms with E-state index in [-0.39, 0.29) is 18.1 Å². The fourth-order valence-corrected chi connectivity index (χ4v) is 2.81. The van der Waals surface area contributed by atoms with E-state index in [1.165, 1.54) is 11.0 Å². The Morgan fingerprint density at radius 2 is 2.12 bits per heavy atom. The predicted octanol–water partition coefficient (Wildman–Crippen LogP) is 2.76. The molecule has 26 heavy (non-hydrogen) atoms. The third-order valence-electron chi connectivity index (χ3n) is 4.16. The van der Waals surface area contributed by atoms with Crippen molar-refractivity contribution in [3.63, 3.8) is 0 Å². The smallest absolute Gasteiger partial charge is 0.239 e. The lowest BCUT2D eigenvalue weighted by atomic mass is 10.1. The number of fused-ring (bicyclic) bond motifs is 1. The second-order valence-corrected chi connectivity index (χ2v) is 6.41. The van der Waals surface area contributed by atoms with Crippen molar-refractivity contribution in [1.82, 2.24) is 14.9 Å². The van der Waals surface area contributed by atoms with E-state index in [2.05, 4.69) is 9.97 Å². The number of hydrogen-bond acceptors (Lipinski definition) is 4. The summed E-state index contributed by atoms with van der Waals surface area (Å²) >= 11 is 0. The molecule has 0 spiro atoms. The quantitative estimate of drug-likeness (QED) is 0.736. The van der Waals surface area contributed by atoms with E-state index in [0.717, 1.165) is 10.9 Å². The molecular weight excluding hydrogens is 335 g/mol. The third kappa shape index (κ3) is 3.52. The summed E-state index contributed by atoms with van der Waals surface area (Å²) in [6.07, 6.45) is 3.68. The van der Waals surface area contributed by atoms with Crippen molar-refractivity contribution in [2.45, 2.75) is 19.4 Å². The van der Waals surface area contributed by atoms with Gasteiger partial charge >= 0.3 is 0 Å². The maximum atomic E-state index is 14.5. The zero-order chi connectivity index (χ0) is 18.8. The van der Waals surface area contributed by atoms with Gasteiger partial charge in [-0.25, -0.2) is 9.37 Å². The number of amides is 1. The molecule has 1 atom stereocenters. The highest BCUT2D eigenvalue weighted by atomic mass is 19.1. The lowest BCUT2D eigenvalue weighted by Gasteiger charge is -2.17. The van der Waals surface area contributed by atoms with E-state index in [1.807, 2.05) is 13.1 Å². The van der Waals surface area contributed by atoms with Crippen LogP contribution in [0.25, 0.3) is 11.0 Å². The van der Waals surface area contributed by atoms with Gasteiger partial charge in [0, 0.05) is 26.5 Å². The Bertz CT molecular complexity index is 952. The molecule has 0 saturated carbocycles. The van der Waals surface area contributed by atoms with Gasteiger partial charge in [-0.3, -0.25) is 4.79 Å². The lowest BCUT2D eigenvalue weighted by molar-refractivity contribution is -0.130. The van der Waals surface area contributed by atoms with Crippen LogP contribution < -0.4 is 10.5 Å². The Hall–Kier alpha value is -2.93. The topological polar surface area (TPSA) is 84.2 Å². The molecule has 3 aromatic rings. The Balaban J connectivity index is 1.82. The number of pyridine rings is 1. The van der Waals surface area contributed by atoms with E-state index in [4.69, 9.17) is 10.5 Å². The van der Waals surface area contributed by atoms with Gasteiger partial charge in [-0.1, -0.05) is 6.07 Å². The van der Waals surface area contributed by atoms with Crippen LogP contribution in [-0.4, -0.2) is 40.9 Å². The SMILES string of the molecule is Cc1c[nH]c2nccc(Oc3ccc(C[C@H](N)C(=O)N(C)C)cc3F)c12. The van der Waals surface area contributed by atoms with Crippen LogP contribution >= 0.6 is 0 Å². The summed E-state index contributed by atoms with van der Waals surface area (Å²) in [6, 6.07) is 5.59. The number of aromatic nitrogens is 2. The number of nitrogens with zero attached hydrogens (tertiary/aromatic N) is 2. The molecule has 0 fully saturated rings. The highest BCUT2D eigenvalue weighted by molar-refractivity contribution is 5.86. The first-order valence-corrected chi connectivity index (χ1v) is 8.22. The number of carbonyl (C=O) groups excluding carboxylic acids is 1. The number of nitrogens with one attached hydrogen (secondary N) is 1. The molecule has 7 heteroatoms. The first-order chi connectivity index (χ1) is 12.4. The lowest BCUT2D eigenvalue weighted by Crippen LogP contribution is -2.41. The number of rotatable bonds is 5. The largest absolute Gasteiger partial charge is 0.453 e. The molecule has 0 aliphatic heterocycles. The number of halogens is 1. The minimum absolute atomic E-state index is 0.106. The molecule has 1 aromatic carbocycles. The van der Waals surface area contributed by atoms with Crippen molar-refractivity contribution in [2.24, 2.45) is 5.73 Å². The molecule has 3 N–H and O–H groups in total. The van der Waals surface area contributed by atoms with Gasteiger partial charge in [0.1, 0.15) is 11.4 Å². The van der Waals surface area contributed by atoms with E-state index >= 15 is 0 Å². The highest BCUT2D eigenvalue weighted by Crippen LogP contribution is 2.32. The number of ether oxygens (including phenoxy) is 1. The fourth-order valence-electron chi connectivity index (χ4n) is 2.81. The Morgan fingerprint density at radius 1 is 1.35 bits per heavy atom. The Labute approximate surface area is 150 Å². The molecule has 0 aliphatic carbocycles. The van der Waals surface area contributed by atoms with E-state index < -0.39 is 11.9 Å². The number of hydrogen-bond donors (Lipinski definition) is 2. The Kier molecular flexibility index (Phi) is 4.90. The zero-order valence-corrected chi connectivity index (χ0v) is 14.9. The third-order valence-corrected chi connectivity index (χ3v) is 4.16. The molecule has 3 rings (SSSR count). The number of likely N-dealkylation sites (N-methyl/N-ethyl adjacent to an activating group) is 1. The minimum atomic E-state index is -0.710. The monoisotopic (exact) mass is 356 g/mol.